The molecule has 1 saturated carbocycles. The predicted molar refractivity (Wildman–Crippen MR) is 138 cm³/mol. The summed E-state index contributed by atoms with van der Waals surface area (Å²) in [6.07, 6.45) is 7.71. The van der Waals surface area contributed by atoms with E-state index in [-0.39, 0.29) is 11.5 Å². The molecular weight excluding hydrogens is 476 g/mol. The monoisotopic (exact) mass is 512 g/mol. The lowest BCUT2D eigenvalue weighted by atomic mass is 9.57. The van der Waals surface area contributed by atoms with Gasteiger partial charge >= 0.3 is 0 Å². The third-order valence-corrected chi connectivity index (χ3v) is 9.56. The second-order valence-electron chi connectivity index (χ2n) is 10.4. The molecule has 7 heteroatoms. The molecule has 0 radical (unpaired) electrons. The van der Waals surface area contributed by atoms with Gasteiger partial charge < -0.3 is 14.6 Å². The summed E-state index contributed by atoms with van der Waals surface area (Å²) in [5, 5.41) is 12.6. The van der Waals surface area contributed by atoms with Gasteiger partial charge in [0.1, 0.15) is 16.8 Å². The fourth-order valence-corrected chi connectivity index (χ4v) is 7.44. The Hall–Kier alpha value is -2.03. The number of aryl methyl sites for hydroxylation is 1. The van der Waals surface area contributed by atoms with Crippen LogP contribution in [0.25, 0.3) is 6.08 Å². The van der Waals surface area contributed by atoms with E-state index in [9.17, 15) is 13.5 Å². The van der Waals surface area contributed by atoms with Crippen LogP contribution in [0.2, 0.25) is 0 Å². The number of fused-ring (bicyclic) bond motifs is 1. The Morgan fingerprint density at radius 1 is 0.972 bits per heavy atom. The molecule has 3 atom stereocenters. The summed E-state index contributed by atoms with van der Waals surface area (Å²) in [6, 6.07) is 16.6. The molecule has 1 N–H and O–H groups in total. The molecule has 0 bridgehead atoms. The van der Waals surface area contributed by atoms with Crippen molar-refractivity contribution in [2.75, 3.05) is 19.8 Å². The molecule has 0 aromatic heterocycles. The maximum Gasteiger partial charge on any atom is 0.296 e. The van der Waals surface area contributed by atoms with E-state index < -0.39 is 26.9 Å². The molecule has 1 aliphatic carbocycles. The molecule has 0 amide bonds. The van der Waals surface area contributed by atoms with Crippen molar-refractivity contribution in [2.24, 2.45) is 0 Å². The fraction of sp³-hybridized carbons (Fsp3) is 0.517. The van der Waals surface area contributed by atoms with Crippen molar-refractivity contribution in [3.63, 3.8) is 0 Å². The zero-order valence-corrected chi connectivity index (χ0v) is 21.8. The molecule has 194 valence electrons. The fourth-order valence-electron chi connectivity index (χ4n) is 6.49. The Kier molecular flexibility index (Phi) is 7.13. The normalized spacial score (nSPS) is 31.6. The topological polar surface area (TPSA) is 82.1 Å². The van der Waals surface area contributed by atoms with Gasteiger partial charge in [0.2, 0.25) is 0 Å². The van der Waals surface area contributed by atoms with Gasteiger partial charge in [-0.1, -0.05) is 54.1 Å². The summed E-state index contributed by atoms with van der Waals surface area (Å²) in [5.74, 6) is 0. The van der Waals surface area contributed by atoms with E-state index in [1.54, 1.807) is 24.3 Å². The first-order chi connectivity index (χ1) is 17.3. The lowest BCUT2D eigenvalue weighted by molar-refractivity contribution is -0.257. The van der Waals surface area contributed by atoms with Crippen molar-refractivity contribution in [3.05, 3.63) is 71.3 Å². The number of hydrogen-bond donors (Lipinski definition) is 1. The van der Waals surface area contributed by atoms with Gasteiger partial charge in [-0.05, 0) is 81.6 Å². The Morgan fingerprint density at radius 2 is 1.69 bits per heavy atom. The predicted octanol–water partition coefficient (Wildman–Crippen LogP) is 5.19. The van der Waals surface area contributed by atoms with E-state index in [4.69, 9.17) is 13.7 Å². The van der Waals surface area contributed by atoms with E-state index in [1.165, 1.54) is 0 Å². The molecule has 0 unspecified atom stereocenters. The van der Waals surface area contributed by atoms with Crippen LogP contribution in [0.4, 0.5) is 0 Å². The quantitative estimate of drug-likeness (QED) is 0.406. The molecule has 3 aliphatic rings. The highest BCUT2D eigenvalue weighted by atomic mass is 32.2. The molecule has 2 aliphatic heterocycles. The summed E-state index contributed by atoms with van der Waals surface area (Å²) in [6.45, 7) is 3.16. The van der Waals surface area contributed by atoms with Crippen molar-refractivity contribution in [2.45, 2.75) is 80.0 Å². The Labute approximate surface area is 214 Å². The second-order valence-corrected chi connectivity index (χ2v) is 12.0. The van der Waals surface area contributed by atoms with Gasteiger partial charge in [0.15, 0.2) is 0 Å². The van der Waals surface area contributed by atoms with E-state index in [1.807, 2.05) is 37.3 Å². The number of rotatable bonds is 7. The SMILES string of the molecule is Cc1ccc(S(=O)(=O)OCCC[C@]2(O)/C(=C/c3ccccc3)CC[C@]3(CCCO3)[C@@]23CCCO3)cc1. The third-order valence-electron chi connectivity index (χ3n) is 8.23. The third kappa shape index (κ3) is 4.45. The molecule has 2 heterocycles. The lowest BCUT2D eigenvalue weighted by Crippen LogP contribution is -2.70. The highest BCUT2D eigenvalue weighted by Crippen LogP contribution is 2.60. The largest absolute Gasteiger partial charge is 0.382 e. The Balaban J connectivity index is 1.41. The van der Waals surface area contributed by atoms with Gasteiger partial charge in [-0.3, -0.25) is 4.18 Å². The van der Waals surface area contributed by atoms with Crippen molar-refractivity contribution in [3.8, 4) is 0 Å². The maximum absolute atomic E-state index is 12.7. The van der Waals surface area contributed by atoms with Crippen LogP contribution >= 0.6 is 0 Å². The van der Waals surface area contributed by atoms with E-state index in [0.717, 1.165) is 48.8 Å². The summed E-state index contributed by atoms with van der Waals surface area (Å²) < 4.78 is 43.7. The molecule has 3 fully saturated rings. The van der Waals surface area contributed by atoms with Gasteiger partial charge in [-0.25, -0.2) is 0 Å². The van der Waals surface area contributed by atoms with E-state index in [2.05, 4.69) is 6.08 Å². The molecule has 2 saturated heterocycles. The van der Waals surface area contributed by atoms with Crippen LogP contribution in [0, 0.1) is 6.92 Å². The molecule has 6 nitrogen and oxygen atoms in total. The van der Waals surface area contributed by atoms with Gasteiger partial charge in [0.05, 0.1) is 11.5 Å². The summed E-state index contributed by atoms with van der Waals surface area (Å²) in [5.41, 5.74) is 0.306. The first kappa shape index (κ1) is 25.6. The average molecular weight is 513 g/mol. The maximum atomic E-state index is 12.7. The average Bonchev–Trinajstić information content (AvgIpc) is 3.56. The van der Waals surface area contributed by atoms with Crippen LogP contribution in [0.3, 0.4) is 0 Å². The van der Waals surface area contributed by atoms with Crippen LogP contribution in [-0.2, 0) is 23.8 Å². The minimum Gasteiger partial charge on any atom is -0.382 e. The van der Waals surface area contributed by atoms with Crippen molar-refractivity contribution in [1.29, 1.82) is 0 Å². The number of benzene rings is 2. The van der Waals surface area contributed by atoms with Crippen molar-refractivity contribution in [1.82, 2.24) is 0 Å². The minimum absolute atomic E-state index is 0.0128. The van der Waals surface area contributed by atoms with Gasteiger partial charge in [0, 0.05) is 13.2 Å². The minimum atomic E-state index is -3.86. The Morgan fingerprint density at radius 3 is 2.36 bits per heavy atom. The lowest BCUT2D eigenvalue weighted by Gasteiger charge is -2.58. The highest BCUT2D eigenvalue weighted by Gasteiger charge is 2.69. The van der Waals surface area contributed by atoms with E-state index >= 15 is 0 Å². The summed E-state index contributed by atoms with van der Waals surface area (Å²) in [7, 11) is -3.86. The number of aliphatic hydroxyl groups is 1. The van der Waals surface area contributed by atoms with Crippen LogP contribution in [-0.4, -0.2) is 50.1 Å². The van der Waals surface area contributed by atoms with Crippen molar-refractivity contribution >= 4 is 16.2 Å². The van der Waals surface area contributed by atoms with Crippen LogP contribution in [0.5, 0.6) is 0 Å². The van der Waals surface area contributed by atoms with Crippen LogP contribution in [0.15, 0.2) is 65.1 Å². The molecule has 2 spiro atoms. The first-order valence-electron chi connectivity index (χ1n) is 13.0. The van der Waals surface area contributed by atoms with Gasteiger partial charge in [-0.15, -0.1) is 0 Å². The van der Waals surface area contributed by atoms with Crippen LogP contribution < -0.4 is 0 Å². The van der Waals surface area contributed by atoms with Crippen LogP contribution in [0.1, 0.15) is 62.5 Å². The van der Waals surface area contributed by atoms with Gasteiger partial charge in [-0.2, -0.15) is 8.42 Å². The zero-order chi connectivity index (χ0) is 25.3. The molecular formula is C29H36O6S. The molecule has 5 rings (SSSR count). The van der Waals surface area contributed by atoms with Gasteiger partial charge in [0.25, 0.3) is 10.1 Å². The first-order valence-corrected chi connectivity index (χ1v) is 14.4. The second kappa shape index (κ2) is 10.0. The molecule has 2 aromatic rings. The molecule has 2 aromatic carbocycles. The number of hydrogen-bond acceptors (Lipinski definition) is 6. The summed E-state index contributed by atoms with van der Waals surface area (Å²) >= 11 is 0. The Bertz CT molecular complexity index is 1180. The van der Waals surface area contributed by atoms with Crippen molar-refractivity contribution < 1.29 is 27.2 Å². The standard InChI is InChI=1S/C29H36O6S/c1-23-10-12-26(13-11-23)36(31,32)35-21-6-16-28(30)25(22-24-8-3-2-4-9-24)14-18-27(15-5-19-33-27)29(28)17-7-20-34-29/h2-4,8-13,22,30H,5-7,14-21H2,1H3/b25-22+/t27-,28+,29+/m1/s1. The summed E-state index contributed by atoms with van der Waals surface area (Å²) in [4.78, 5) is 0.142. The zero-order valence-electron chi connectivity index (χ0n) is 20.9. The number of ether oxygens (including phenoxy) is 2. The highest BCUT2D eigenvalue weighted by molar-refractivity contribution is 7.86. The smallest absolute Gasteiger partial charge is 0.296 e. The molecule has 36 heavy (non-hydrogen) atoms. The van der Waals surface area contributed by atoms with E-state index in [0.29, 0.717) is 32.5 Å².